The van der Waals surface area contributed by atoms with Crippen molar-refractivity contribution in [2.45, 2.75) is 20.8 Å². The predicted molar refractivity (Wildman–Crippen MR) is 150 cm³/mol. The fraction of sp³-hybridized carbons (Fsp3) is 0.250. The van der Waals surface area contributed by atoms with Crippen molar-refractivity contribution in [1.82, 2.24) is 14.4 Å². The first-order valence-electron chi connectivity index (χ1n) is 12.9. The number of nitrogens with zero attached hydrogens (tertiary/aromatic N) is 3. The van der Waals surface area contributed by atoms with Gasteiger partial charge in [0.25, 0.3) is 11.8 Å². The number of aromatic nitrogens is 1. The van der Waals surface area contributed by atoms with E-state index in [0.717, 1.165) is 34.0 Å². The number of benzene rings is 3. The van der Waals surface area contributed by atoms with Crippen molar-refractivity contribution in [3.8, 4) is 22.7 Å². The lowest BCUT2D eigenvalue weighted by Crippen LogP contribution is -2.50. The van der Waals surface area contributed by atoms with Crippen molar-refractivity contribution >= 4 is 11.8 Å². The van der Waals surface area contributed by atoms with Crippen LogP contribution >= 0.6 is 0 Å². The van der Waals surface area contributed by atoms with Crippen LogP contribution in [0.3, 0.4) is 0 Å². The monoisotopic (exact) mass is 507 g/mol. The second-order valence-corrected chi connectivity index (χ2v) is 9.88. The minimum atomic E-state index is -0.00874. The maximum atomic E-state index is 13.8. The van der Waals surface area contributed by atoms with Crippen LogP contribution in [0.15, 0.2) is 78.9 Å². The zero-order valence-electron chi connectivity index (χ0n) is 22.4. The highest BCUT2D eigenvalue weighted by Gasteiger charge is 2.28. The van der Waals surface area contributed by atoms with Gasteiger partial charge in [-0.25, -0.2) is 0 Å². The quantitative estimate of drug-likeness (QED) is 0.349. The molecule has 5 rings (SSSR count). The number of rotatable bonds is 5. The predicted octanol–water partition coefficient (Wildman–Crippen LogP) is 5.68. The van der Waals surface area contributed by atoms with Crippen LogP contribution in [-0.2, 0) is 0 Å². The summed E-state index contributed by atoms with van der Waals surface area (Å²) in [6.07, 6.45) is 0. The molecule has 6 nitrogen and oxygen atoms in total. The molecule has 0 N–H and O–H groups in total. The molecule has 1 aromatic heterocycles. The molecule has 38 heavy (non-hydrogen) atoms. The minimum Gasteiger partial charge on any atom is -0.497 e. The van der Waals surface area contributed by atoms with E-state index in [9.17, 15) is 9.59 Å². The lowest BCUT2D eigenvalue weighted by Gasteiger charge is -2.35. The number of methoxy groups -OCH3 is 1. The van der Waals surface area contributed by atoms with Gasteiger partial charge in [0, 0.05) is 43.1 Å². The summed E-state index contributed by atoms with van der Waals surface area (Å²) in [6.45, 7) is 8.11. The molecular weight excluding hydrogens is 474 g/mol. The third-order valence-electron chi connectivity index (χ3n) is 7.31. The molecule has 3 aromatic carbocycles. The van der Waals surface area contributed by atoms with E-state index < -0.39 is 0 Å². The number of carbonyl (C=O) groups is 2. The third-order valence-corrected chi connectivity index (χ3v) is 7.31. The summed E-state index contributed by atoms with van der Waals surface area (Å²) in [5.41, 5.74) is 7.51. The highest BCUT2D eigenvalue weighted by molar-refractivity contribution is 5.98. The molecule has 0 unspecified atom stereocenters. The van der Waals surface area contributed by atoms with Gasteiger partial charge in [-0.1, -0.05) is 35.4 Å². The number of hydrogen-bond donors (Lipinski definition) is 0. The maximum Gasteiger partial charge on any atom is 0.255 e. The first-order valence-corrected chi connectivity index (χ1v) is 12.9. The highest BCUT2D eigenvalue weighted by Crippen LogP contribution is 2.31. The average Bonchev–Trinajstić information content (AvgIpc) is 3.30. The fourth-order valence-corrected chi connectivity index (χ4v) is 4.99. The molecule has 6 heteroatoms. The average molecular weight is 508 g/mol. The normalized spacial score (nSPS) is 13.5. The van der Waals surface area contributed by atoms with E-state index >= 15 is 0 Å². The third kappa shape index (κ3) is 4.94. The Kier molecular flexibility index (Phi) is 7.05. The Balaban J connectivity index is 1.41. The summed E-state index contributed by atoms with van der Waals surface area (Å²) in [5, 5.41) is 0. The van der Waals surface area contributed by atoms with Crippen molar-refractivity contribution in [2.24, 2.45) is 0 Å². The van der Waals surface area contributed by atoms with Gasteiger partial charge in [-0.05, 0) is 80.9 Å². The van der Waals surface area contributed by atoms with Crippen molar-refractivity contribution in [2.75, 3.05) is 33.3 Å². The van der Waals surface area contributed by atoms with Crippen LogP contribution in [0, 0.1) is 20.8 Å². The summed E-state index contributed by atoms with van der Waals surface area (Å²) in [5.74, 6) is 0.791. The number of piperazine rings is 1. The Labute approximate surface area is 224 Å². The van der Waals surface area contributed by atoms with Crippen LogP contribution in [0.2, 0.25) is 0 Å². The number of amides is 2. The lowest BCUT2D eigenvalue weighted by atomic mass is 10.1. The largest absolute Gasteiger partial charge is 0.497 e. The van der Waals surface area contributed by atoms with Crippen molar-refractivity contribution in [3.05, 3.63) is 107 Å². The Bertz CT molecular complexity index is 1440. The lowest BCUT2D eigenvalue weighted by molar-refractivity contribution is 0.0535. The van der Waals surface area contributed by atoms with E-state index in [-0.39, 0.29) is 11.8 Å². The van der Waals surface area contributed by atoms with E-state index in [1.807, 2.05) is 78.2 Å². The van der Waals surface area contributed by atoms with Crippen LogP contribution < -0.4 is 4.74 Å². The molecule has 0 radical (unpaired) electrons. The molecule has 1 saturated heterocycles. The Morgan fingerprint density at radius 2 is 1.21 bits per heavy atom. The summed E-state index contributed by atoms with van der Waals surface area (Å²) >= 11 is 0. The molecular formula is C32H33N3O3. The van der Waals surface area contributed by atoms with Gasteiger partial charge < -0.3 is 19.1 Å². The van der Waals surface area contributed by atoms with Gasteiger partial charge in [0.15, 0.2) is 0 Å². The standard InChI is InChI=1S/C32H33N3O3/c1-22-5-9-26(10-6-22)31(36)33-17-19-34(20-18-33)32(37)29-21-30(25-11-15-28(38-4)16-12-25)35(24(29)3)27-13-7-23(2)8-14-27/h5-16,21H,17-20H2,1-4H3. The molecule has 0 atom stereocenters. The molecule has 0 saturated carbocycles. The van der Waals surface area contributed by atoms with Crippen molar-refractivity contribution in [1.29, 1.82) is 0 Å². The molecule has 2 amide bonds. The zero-order chi connectivity index (χ0) is 26.8. The fourth-order valence-electron chi connectivity index (χ4n) is 4.99. The summed E-state index contributed by atoms with van der Waals surface area (Å²) in [7, 11) is 1.65. The molecule has 1 aliphatic heterocycles. The Morgan fingerprint density at radius 1 is 0.684 bits per heavy atom. The highest BCUT2D eigenvalue weighted by atomic mass is 16.5. The molecule has 0 spiro atoms. The number of carbonyl (C=O) groups excluding carboxylic acids is 2. The topological polar surface area (TPSA) is 54.8 Å². The van der Waals surface area contributed by atoms with E-state index in [2.05, 4.69) is 35.8 Å². The molecule has 4 aromatic rings. The van der Waals surface area contributed by atoms with Crippen LogP contribution in [-0.4, -0.2) is 59.5 Å². The van der Waals surface area contributed by atoms with Crippen LogP contribution in [0.1, 0.15) is 37.5 Å². The van der Waals surface area contributed by atoms with Crippen molar-refractivity contribution < 1.29 is 14.3 Å². The van der Waals surface area contributed by atoms with E-state index in [0.29, 0.717) is 37.3 Å². The van der Waals surface area contributed by atoms with Crippen LogP contribution in [0.25, 0.3) is 16.9 Å². The number of ether oxygens (including phenoxy) is 1. The minimum absolute atomic E-state index is 0.00874. The van der Waals surface area contributed by atoms with Gasteiger partial charge in [0.1, 0.15) is 5.75 Å². The Morgan fingerprint density at radius 3 is 1.76 bits per heavy atom. The van der Waals surface area contributed by atoms with Gasteiger partial charge in [-0.3, -0.25) is 9.59 Å². The summed E-state index contributed by atoms with van der Waals surface area (Å²) in [4.78, 5) is 30.4. The van der Waals surface area contributed by atoms with Gasteiger partial charge in [0.05, 0.1) is 18.4 Å². The SMILES string of the molecule is COc1ccc(-c2cc(C(=O)N3CCN(C(=O)c4ccc(C)cc4)CC3)c(C)n2-c2ccc(C)cc2)cc1. The van der Waals surface area contributed by atoms with E-state index in [1.54, 1.807) is 7.11 Å². The molecule has 1 aliphatic rings. The molecule has 194 valence electrons. The van der Waals surface area contributed by atoms with Gasteiger partial charge >= 0.3 is 0 Å². The number of hydrogen-bond acceptors (Lipinski definition) is 3. The smallest absolute Gasteiger partial charge is 0.255 e. The van der Waals surface area contributed by atoms with Gasteiger partial charge in [-0.2, -0.15) is 0 Å². The summed E-state index contributed by atoms with van der Waals surface area (Å²) < 4.78 is 7.49. The molecule has 2 heterocycles. The zero-order valence-corrected chi connectivity index (χ0v) is 22.4. The Hall–Kier alpha value is -4.32. The van der Waals surface area contributed by atoms with E-state index in [1.165, 1.54) is 5.56 Å². The molecule has 1 fully saturated rings. The van der Waals surface area contributed by atoms with Gasteiger partial charge in [-0.15, -0.1) is 0 Å². The first-order chi connectivity index (χ1) is 18.4. The van der Waals surface area contributed by atoms with Crippen molar-refractivity contribution in [3.63, 3.8) is 0 Å². The van der Waals surface area contributed by atoms with Crippen LogP contribution in [0.5, 0.6) is 5.75 Å². The van der Waals surface area contributed by atoms with Gasteiger partial charge in [0.2, 0.25) is 0 Å². The maximum absolute atomic E-state index is 13.8. The summed E-state index contributed by atoms with van der Waals surface area (Å²) in [6, 6.07) is 25.9. The first kappa shape index (κ1) is 25.3. The van der Waals surface area contributed by atoms with E-state index in [4.69, 9.17) is 4.74 Å². The molecule has 0 bridgehead atoms. The molecule has 0 aliphatic carbocycles. The number of aryl methyl sites for hydroxylation is 2. The second kappa shape index (κ2) is 10.6. The van der Waals surface area contributed by atoms with Crippen LogP contribution in [0.4, 0.5) is 0 Å². The second-order valence-electron chi connectivity index (χ2n) is 9.88.